The van der Waals surface area contributed by atoms with Crippen molar-refractivity contribution in [3.05, 3.63) is 94.5 Å². The monoisotopic (exact) mass is 446 g/mol. The molecule has 5 nitrogen and oxygen atoms in total. The van der Waals surface area contributed by atoms with Gasteiger partial charge in [-0.1, -0.05) is 53.5 Å². The zero-order valence-corrected chi connectivity index (χ0v) is 17.3. The summed E-state index contributed by atoms with van der Waals surface area (Å²) in [7, 11) is -3.88. The fourth-order valence-electron chi connectivity index (χ4n) is 2.41. The molecule has 29 heavy (non-hydrogen) atoms. The Labute approximate surface area is 179 Å². The highest BCUT2D eigenvalue weighted by Gasteiger charge is 2.17. The normalized spacial score (nSPS) is 11.4. The van der Waals surface area contributed by atoms with E-state index in [0.29, 0.717) is 10.7 Å². The van der Waals surface area contributed by atoms with Crippen molar-refractivity contribution in [1.29, 1.82) is 0 Å². The van der Waals surface area contributed by atoms with Gasteiger partial charge in [0.05, 0.1) is 15.6 Å². The Morgan fingerprint density at radius 3 is 2.28 bits per heavy atom. The van der Waals surface area contributed by atoms with Crippen LogP contribution in [-0.2, 0) is 14.8 Å². The molecule has 0 aromatic heterocycles. The first-order chi connectivity index (χ1) is 13.8. The minimum atomic E-state index is -3.88. The van der Waals surface area contributed by atoms with E-state index in [-0.39, 0.29) is 15.6 Å². The molecule has 3 rings (SSSR count). The average molecular weight is 447 g/mol. The molecule has 8 heteroatoms. The fourth-order valence-corrected chi connectivity index (χ4v) is 3.79. The molecule has 0 aliphatic heterocycles. The van der Waals surface area contributed by atoms with Crippen molar-refractivity contribution in [1.82, 2.24) is 0 Å². The van der Waals surface area contributed by atoms with E-state index in [1.165, 1.54) is 24.3 Å². The van der Waals surface area contributed by atoms with E-state index >= 15 is 0 Å². The zero-order chi connectivity index (χ0) is 20.9. The Morgan fingerprint density at radius 1 is 0.897 bits per heavy atom. The molecule has 0 aliphatic carbocycles. The van der Waals surface area contributed by atoms with Crippen LogP contribution in [0.1, 0.15) is 5.56 Å². The van der Waals surface area contributed by atoms with Gasteiger partial charge >= 0.3 is 0 Å². The second-order valence-electron chi connectivity index (χ2n) is 5.99. The van der Waals surface area contributed by atoms with Crippen LogP contribution in [0.3, 0.4) is 0 Å². The number of hydrogen-bond donors (Lipinski definition) is 2. The first-order valence-corrected chi connectivity index (χ1v) is 10.7. The van der Waals surface area contributed by atoms with Crippen LogP contribution in [-0.4, -0.2) is 14.3 Å². The Balaban J connectivity index is 1.77. The topological polar surface area (TPSA) is 75.3 Å². The Kier molecular flexibility index (Phi) is 6.59. The lowest BCUT2D eigenvalue weighted by molar-refractivity contribution is -0.111. The number of rotatable bonds is 6. The largest absolute Gasteiger partial charge is 0.321 e. The molecular weight excluding hydrogens is 431 g/mol. The Hall–Kier alpha value is -2.80. The van der Waals surface area contributed by atoms with Crippen molar-refractivity contribution in [3.8, 4) is 0 Å². The molecule has 0 atom stereocenters. The summed E-state index contributed by atoms with van der Waals surface area (Å²) >= 11 is 11.9. The lowest BCUT2D eigenvalue weighted by atomic mass is 10.2. The molecule has 0 saturated heterocycles. The number of sulfonamides is 1. The van der Waals surface area contributed by atoms with Crippen LogP contribution in [0, 0.1) is 0 Å². The van der Waals surface area contributed by atoms with Crippen molar-refractivity contribution in [2.75, 3.05) is 10.0 Å². The van der Waals surface area contributed by atoms with Gasteiger partial charge < -0.3 is 5.32 Å². The van der Waals surface area contributed by atoms with E-state index in [9.17, 15) is 13.2 Å². The Bertz CT molecular complexity index is 1150. The van der Waals surface area contributed by atoms with Crippen LogP contribution in [0.4, 0.5) is 11.4 Å². The highest BCUT2D eigenvalue weighted by atomic mass is 35.5. The number of benzene rings is 3. The summed E-state index contributed by atoms with van der Waals surface area (Å²) in [4.78, 5) is 12.1. The molecule has 2 N–H and O–H groups in total. The number of halogens is 2. The first-order valence-electron chi connectivity index (χ1n) is 8.45. The molecule has 3 aromatic rings. The van der Waals surface area contributed by atoms with E-state index in [0.717, 1.165) is 5.56 Å². The summed E-state index contributed by atoms with van der Waals surface area (Å²) in [6, 6.07) is 19.6. The predicted octanol–water partition coefficient (Wildman–Crippen LogP) is 5.45. The molecule has 0 fully saturated rings. The number of nitrogens with one attached hydrogen (secondary N) is 2. The Morgan fingerprint density at radius 2 is 1.59 bits per heavy atom. The van der Waals surface area contributed by atoms with Gasteiger partial charge in [0.15, 0.2) is 0 Å². The second kappa shape index (κ2) is 9.13. The minimum Gasteiger partial charge on any atom is -0.321 e. The van der Waals surface area contributed by atoms with Crippen molar-refractivity contribution >= 4 is 56.6 Å². The lowest BCUT2D eigenvalue weighted by Gasteiger charge is -2.11. The van der Waals surface area contributed by atoms with Gasteiger partial charge in [0, 0.05) is 16.8 Å². The van der Waals surface area contributed by atoms with Gasteiger partial charge in [0.2, 0.25) is 5.91 Å². The number of carbonyl (C=O) groups excluding carboxylic acids is 1. The summed E-state index contributed by atoms with van der Waals surface area (Å²) in [5.41, 5.74) is 1.41. The molecule has 0 aliphatic rings. The summed E-state index contributed by atoms with van der Waals surface area (Å²) in [6.07, 6.45) is 2.99. The van der Waals surface area contributed by atoms with Gasteiger partial charge in [-0.15, -0.1) is 0 Å². The lowest BCUT2D eigenvalue weighted by Crippen LogP contribution is -2.14. The minimum absolute atomic E-state index is 0.0424. The van der Waals surface area contributed by atoms with E-state index in [4.69, 9.17) is 23.2 Å². The molecule has 0 unspecified atom stereocenters. The number of amides is 1. The van der Waals surface area contributed by atoms with Crippen molar-refractivity contribution in [2.45, 2.75) is 4.90 Å². The molecule has 0 spiro atoms. The third kappa shape index (κ3) is 5.84. The molecule has 0 bridgehead atoms. The summed E-state index contributed by atoms with van der Waals surface area (Å²) in [6.45, 7) is 0. The predicted molar refractivity (Wildman–Crippen MR) is 118 cm³/mol. The maximum Gasteiger partial charge on any atom is 0.261 e. The van der Waals surface area contributed by atoms with Crippen LogP contribution in [0.2, 0.25) is 10.0 Å². The van der Waals surface area contributed by atoms with Crippen molar-refractivity contribution in [3.63, 3.8) is 0 Å². The van der Waals surface area contributed by atoms with Gasteiger partial charge in [0.25, 0.3) is 10.0 Å². The van der Waals surface area contributed by atoms with Gasteiger partial charge in [0.1, 0.15) is 0 Å². The first kappa shape index (κ1) is 20.9. The quantitative estimate of drug-likeness (QED) is 0.494. The number of anilines is 2. The standard InChI is InChI=1S/C21H16Cl2N2O3S/c22-16-7-9-17(10-8-16)25-29(27,28)18-11-12-19(23)20(14-18)24-21(26)13-6-15-4-2-1-3-5-15/h1-14,25H,(H,24,26). The molecular formula is C21H16Cl2N2O3S. The molecule has 0 radical (unpaired) electrons. The van der Waals surface area contributed by atoms with Crippen LogP contribution >= 0.6 is 23.2 Å². The third-order valence-electron chi connectivity index (χ3n) is 3.83. The summed E-state index contributed by atoms with van der Waals surface area (Å²) in [5, 5.41) is 3.31. The SMILES string of the molecule is O=C(C=Cc1ccccc1)Nc1cc(S(=O)(=O)Nc2ccc(Cl)cc2)ccc1Cl. The van der Waals surface area contributed by atoms with E-state index < -0.39 is 15.9 Å². The molecule has 0 heterocycles. The number of carbonyl (C=O) groups is 1. The van der Waals surface area contributed by atoms with Gasteiger partial charge in [-0.2, -0.15) is 0 Å². The van der Waals surface area contributed by atoms with Crippen molar-refractivity contribution < 1.29 is 13.2 Å². The highest BCUT2D eigenvalue weighted by Crippen LogP contribution is 2.27. The smallest absolute Gasteiger partial charge is 0.261 e. The summed E-state index contributed by atoms with van der Waals surface area (Å²) < 4.78 is 27.7. The van der Waals surface area contributed by atoms with Gasteiger partial charge in [-0.25, -0.2) is 8.42 Å². The zero-order valence-electron chi connectivity index (χ0n) is 15.0. The van der Waals surface area contributed by atoms with Crippen LogP contribution in [0.5, 0.6) is 0 Å². The maximum atomic E-state index is 12.6. The molecule has 3 aromatic carbocycles. The van der Waals surface area contributed by atoms with E-state index in [1.807, 2.05) is 30.3 Å². The maximum absolute atomic E-state index is 12.6. The van der Waals surface area contributed by atoms with Crippen LogP contribution in [0.15, 0.2) is 83.8 Å². The fraction of sp³-hybridized carbons (Fsp3) is 0. The number of hydrogen-bond acceptors (Lipinski definition) is 3. The van der Waals surface area contributed by atoms with E-state index in [2.05, 4.69) is 10.0 Å². The average Bonchev–Trinajstić information content (AvgIpc) is 2.70. The molecule has 1 amide bonds. The van der Waals surface area contributed by atoms with Crippen LogP contribution < -0.4 is 10.0 Å². The van der Waals surface area contributed by atoms with Crippen LogP contribution in [0.25, 0.3) is 6.08 Å². The summed E-state index contributed by atoms with van der Waals surface area (Å²) in [5.74, 6) is -0.434. The third-order valence-corrected chi connectivity index (χ3v) is 5.79. The highest BCUT2D eigenvalue weighted by molar-refractivity contribution is 7.92. The molecule has 148 valence electrons. The van der Waals surface area contributed by atoms with Gasteiger partial charge in [-0.05, 0) is 54.1 Å². The second-order valence-corrected chi connectivity index (χ2v) is 8.51. The van der Waals surface area contributed by atoms with Gasteiger partial charge in [-0.3, -0.25) is 9.52 Å². The molecule has 0 saturated carbocycles. The van der Waals surface area contributed by atoms with Crippen molar-refractivity contribution in [2.24, 2.45) is 0 Å². The van der Waals surface area contributed by atoms with E-state index in [1.54, 1.807) is 30.3 Å².